The summed E-state index contributed by atoms with van der Waals surface area (Å²) in [6.45, 7) is 2.06. The lowest BCUT2D eigenvalue weighted by Crippen LogP contribution is -2.43. The molecule has 1 N–H and O–H groups in total. The van der Waals surface area contributed by atoms with Crippen LogP contribution in [-0.4, -0.2) is 37.3 Å². The molecule has 3 heteroatoms. The summed E-state index contributed by atoms with van der Waals surface area (Å²) in [4.78, 5) is 0. The third-order valence-electron chi connectivity index (χ3n) is 4.17. The molecular formula is C13H25NOS. The molecule has 94 valence electrons. The van der Waals surface area contributed by atoms with Gasteiger partial charge in [-0.25, -0.2) is 0 Å². The van der Waals surface area contributed by atoms with Crippen molar-refractivity contribution in [2.24, 2.45) is 5.92 Å². The monoisotopic (exact) mass is 243 g/mol. The summed E-state index contributed by atoms with van der Waals surface area (Å²) in [7, 11) is 1.82. The summed E-state index contributed by atoms with van der Waals surface area (Å²) in [5, 5.41) is 3.77. The van der Waals surface area contributed by atoms with E-state index in [1.165, 1.54) is 45.1 Å². The van der Waals surface area contributed by atoms with E-state index in [-0.39, 0.29) is 0 Å². The van der Waals surface area contributed by atoms with Crippen molar-refractivity contribution in [2.45, 2.75) is 49.3 Å². The lowest BCUT2D eigenvalue weighted by molar-refractivity contribution is 0.156. The minimum absolute atomic E-state index is 0.529. The smallest absolute Gasteiger partial charge is 0.0618 e. The molecule has 16 heavy (non-hydrogen) atoms. The van der Waals surface area contributed by atoms with Gasteiger partial charge in [0.25, 0.3) is 0 Å². The van der Waals surface area contributed by atoms with Crippen molar-refractivity contribution in [1.29, 1.82) is 0 Å². The third-order valence-corrected chi connectivity index (χ3v) is 5.59. The maximum atomic E-state index is 5.32. The predicted octanol–water partition coefficient (Wildman–Crippen LogP) is 2.68. The molecule has 0 spiro atoms. The molecule has 0 aromatic rings. The molecule has 2 saturated carbocycles. The van der Waals surface area contributed by atoms with Gasteiger partial charge in [-0.1, -0.05) is 12.8 Å². The molecule has 2 aliphatic carbocycles. The maximum absolute atomic E-state index is 5.32. The molecule has 0 aromatic heterocycles. The van der Waals surface area contributed by atoms with Crippen molar-refractivity contribution in [1.82, 2.24) is 5.32 Å². The highest BCUT2D eigenvalue weighted by Crippen LogP contribution is 2.40. The summed E-state index contributed by atoms with van der Waals surface area (Å²) in [5.41, 5.74) is 0. The Morgan fingerprint density at radius 2 is 2.06 bits per heavy atom. The Hall–Kier alpha value is 0.270. The standard InChI is InChI=1S/C13H25NOS/c1-15-9-12(11-5-6-11)14-10-13(16-2)7-3-4-8-13/h11-12,14H,3-10H2,1-2H3. The normalized spacial score (nSPS) is 25.9. The first-order valence-electron chi connectivity index (χ1n) is 6.57. The van der Waals surface area contributed by atoms with Crippen LogP contribution in [0.25, 0.3) is 0 Å². The second-order valence-electron chi connectivity index (χ2n) is 5.37. The fraction of sp³-hybridized carbons (Fsp3) is 1.00. The van der Waals surface area contributed by atoms with E-state index in [4.69, 9.17) is 4.74 Å². The van der Waals surface area contributed by atoms with Crippen LogP contribution in [0.1, 0.15) is 38.5 Å². The number of rotatable bonds is 7. The van der Waals surface area contributed by atoms with Gasteiger partial charge in [-0.2, -0.15) is 11.8 Å². The van der Waals surface area contributed by atoms with Crippen LogP contribution in [0, 0.1) is 5.92 Å². The molecule has 0 amide bonds. The van der Waals surface area contributed by atoms with Gasteiger partial charge in [-0.15, -0.1) is 0 Å². The number of thioether (sulfide) groups is 1. The Morgan fingerprint density at radius 1 is 1.38 bits per heavy atom. The summed E-state index contributed by atoms with van der Waals surface area (Å²) < 4.78 is 5.85. The third kappa shape index (κ3) is 3.14. The van der Waals surface area contributed by atoms with Crippen LogP contribution >= 0.6 is 11.8 Å². The number of methoxy groups -OCH3 is 1. The first-order valence-corrected chi connectivity index (χ1v) is 7.80. The Morgan fingerprint density at radius 3 is 2.56 bits per heavy atom. The first-order chi connectivity index (χ1) is 7.79. The van der Waals surface area contributed by atoms with E-state index in [0.717, 1.165) is 12.5 Å². The second kappa shape index (κ2) is 5.74. The molecular weight excluding hydrogens is 218 g/mol. The lowest BCUT2D eigenvalue weighted by Gasteiger charge is -2.30. The molecule has 1 atom stereocenters. The van der Waals surface area contributed by atoms with Gasteiger partial charge in [-0.3, -0.25) is 0 Å². The highest BCUT2D eigenvalue weighted by Gasteiger charge is 2.36. The Kier molecular flexibility index (Phi) is 4.57. The van der Waals surface area contributed by atoms with E-state index in [0.29, 0.717) is 10.8 Å². The Labute approximate surface area is 104 Å². The fourth-order valence-electron chi connectivity index (χ4n) is 2.83. The minimum atomic E-state index is 0.529. The maximum Gasteiger partial charge on any atom is 0.0618 e. The summed E-state index contributed by atoms with van der Waals surface area (Å²) in [5.74, 6) is 0.889. The molecule has 2 nitrogen and oxygen atoms in total. The molecule has 0 radical (unpaired) electrons. The summed E-state index contributed by atoms with van der Waals surface area (Å²) in [6, 6.07) is 0.606. The fourth-order valence-corrected chi connectivity index (χ4v) is 3.75. The molecule has 2 fully saturated rings. The number of ether oxygens (including phenoxy) is 1. The van der Waals surface area contributed by atoms with E-state index >= 15 is 0 Å². The quantitative estimate of drug-likeness (QED) is 0.743. The van der Waals surface area contributed by atoms with E-state index < -0.39 is 0 Å². The van der Waals surface area contributed by atoms with E-state index in [2.05, 4.69) is 23.3 Å². The van der Waals surface area contributed by atoms with Crippen molar-refractivity contribution in [3.63, 3.8) is 0 Å². The number of nitrogens with one attached hydrogen (secondary N) is 1. The Balaban J connectivity index is 1.79. The highest BCUT2D eigenvalue weighted by molar-refractivity contribution is 8.00. The van der Waals surface area contributed by atoms with Gasteiger partial charge >= 0.3 is 0 Å². The van der Waals surface area contributed by atoms with Gasteiger partial charge in [-0.05, 0) is 37.9 Å². The molecule has 0 aliphatic heterocycles. The van der Waals surface area contributed by atoms with Crippen LogP contribution in [0.2, 0.25) is 0 Å². The molecule has 2 rings (SSSR count). The van der Waals surface area contributed by atoms with Crippen LogP contribution in [0.15, 0.2) is 0 Å². The topological polar surface area (TPSA) is 21.3 Å². The largest absolute Gasteiger partial charge is 0.383 e. The summed E-state index contributed by atoms with van der Waals surface area (Å²) >= 11 is 2.07. The van der Waals surface area contributed by atoms with Crippen LogP contribution < -0.4 is 5.32 Å². The zero-order valence-corrected chi connectivity index (χ0v) is 11.4. The minimum Gasteiger partial charge on any atom is -0.383 e. The molecule has 0 saturated heterocycles. The average molecular weight is 243 g/mol. The van der Waals surface area contributed by atoms with Crippen molar-refractivity contribution in [2.75, 3.05) is 26.5 Å². The zero-order valence-electron chi connectivity index (χ0n) is 10.6. The first kappa shape index (κ1) is 12.7. The van der Waals surface area contributed by atoms with Gasteiger partial charge in [0.05, 0.1) is 6.61 Å². The molecule has 0 bridgehead atoms. The lowest BCUT2D eigenvalue weighted by atomic mass is 10.1. The van der Waals surface area contributed by atoms with Gasteiger partial charge in [0.2, 0.25) is 0 Å². The molecule has 2 aliphatic rings. The van der Waals surface area contributed by atoms with Gasteiger partial charge in [0.15, 0.2) is 0 Å². The van der Waals surface area contributed by atoms with Gasteiger partial charge in [0.1, 0.15) is 0 Å². The van der Waals surface area contributed by atoms with Crippen molar-refractivity contribution in [3.8, 4) is 0 Å². The van der Waals surface area contributed by atoms with Gasteiger partial charge in [0, 0.05) is 24.4 Å². The molecule has 0 aromatic carbocycles. The number of hydrogen-bond acceptors (Lipinski definition) is 3. The van der Waals surface area contributed by atoms with E-state index in [1.54, 1.807) is 0 Å². The van der Waals surface area contributed by atoms with Crippen molar-refractivity contribution in [3.05, 3.63) is 0 Å². The van der Waals surface area contributed by atoms with Crippen LogP contribution in [-0.2, 0) is 4.74 Å². The van der Waals surface area contributed by atoms with Crippen LogP contribution in [0.3, 0.4) is 0 Å². The van der Waals surface area contributed by atoms with Gasteiger partial charge < -0.3 is 10.1 Å². The zero-order chi connectivity index (χ0) is 11.4. The Bertz CT molecular complexity index is 212. The van der Waals surface area contributed by atoms with Crippen LogP contribution in [0.5, 0.6) is 0 Å². The van der Waals surface area contributed by atoms with E-state index in [1.807, 2.05) is 7.11 Å². The predicted molar refractivity (Wildman–Crippen MR) is 71.1 cm³/mol. The molecule has 1 unspecified atom stereocenters. The number of hydrogen-bond donors (Lipinski definition) is 1. The van der Waals surface area contributed by atoms with Crippen molar-refractivity contribution < 1.29 is 4.74 Å². The highest BCUT2D eigenvalue weighted by atomic mass is 32.2. The second-order valence-corrected chi connectivity index (χ2v) is 6.65. The van der Waals surface area contributed by atoms with Crippen LogP contribution in [0.4, 0.5) is 0 Å². The van der Waals surface area contributed by atoms with Crippen molar-refractivity contribution >= 4 is 11.8 Å². The van der Waals surface area contributed by atoms with E-state index in [9.17, 15) is 0 Å². The average Bonchev–Trinajstić information content (AvgIpc) is 3.04. The molecule has 0 heterocycles. The summed E-state index contributed by atoms with van der Waals surface area (Å²) in [6.07, 6.45) is 10.7. The SMILES string of the molecule is COCC(NCC1(SC)CCCC1)C1CC1.